The van der Waals surface area contributed by atoms with Gasteiger partial charge in [-0.05, 0) is 23.0 Å². The van der Waals surface area contributed by atoms with E-state index in [-0.39, 0.29) is 27.6 Å². The molecule has 1 amide bonds. The number of halogens is 2. The smallest absolute Gasteiger partial charge is 0.224 e. The van der Waals surface area contributed by atoms with Gasteiger partial charge in [-0.3, -0.25) is 4.79 Å². The topological polar surface area (TPSA) is 29.1 Å². The Kier molecular flexibility index (Phi) is 4.22. The lowest BCUT2D eigenvalue weighted by molar-refractivity contribution is -0.123. The number of nitrogens with one attached hydrogen (secondary N) is 1. The largest absolute Gasteiger partial charge is 0.352 e. The monoisotopic (exact) mass is 297 g/mol. The first-order valence-electron chi connectivity index (χ1n) is 6.27. The van der Waals surface area contributed by atoms with Crippen LogP contribution >= 0.6 is 23.2 Å². The van der Waals surface area contributed by atoms with Crippen LogP contribution in [0.1, 0.15) is 19.4 Å². The number of benzene rings is 1. The van der Waals surface area contributed by atoms with E-state index in [1.807, 2.05) is 30.3 Å². The molecule has 19 heavy (non-hydrogen) atoms. The summed E-state index contributed by atoms with van der Waals surface area (Å²) in [6, 6.07) is 9.86. The molecular formula is C15H17Cl2NO. The van der Waals surface area contributed by atoms with E-state index in [1.165, 1.54) is 0 Å². The minimum Gasteiger partial charge on any atom is -0.352 e. The summed E-state index contributed by atoms with van der Waals surface area (Å²) >= 11 is 11.4. The van der Waals surface area contributed by atoms with Crippen LogP contribution in [-0.2, 0) is 11.3 Å². The highest BCUT2D eigenvalue weighted by atomic mass is 35.5. The van der Waals surface area contributed by atoms with Crippen molar-refractivity contribution in [2.24, 2.45) is 17.3 Å². The van der Waals surface area contributed by atoms with Crippen molar-refractivity contribution in [3.8, 4) is 0 Å². The summed E-state index contributed by atoms with van der Waals surface area (Å²) in [6.45, 7) is 4.66. The number of amides is 1. The maximum atomic E-state index is 12.2. The molecule has 1 N–H and O–H groups in total. The number of hydrogen-bond donors (Lipinski definition) is 1. The molecule has 4 heteroatoms. The van der Waals surface area contributed by atoms with Crippen LogP contribution in [0.15, 0.2) is 40.9 Å². The Balaban J connectivity index is 1.93. The van der Waals surface area contributed by atoms with Gasteiger partial charge in [-0.1, -0.05) is 67.4 Å². The maximum Gasteiger partial charge on any atom is 0.224 e. The van der Waals surface area contributed by atoms with E-state index in [1.54, 1.807) is 6.08 Å². The van der Waals surface area contributed by atoms with Gasteiger partial charge in [-0.25, -0.2) is 0 Å². The van der Waals surface area contributed by atoms with Gasteiger partial charge in [-0.2, -0.15) is 0 Å². The van der Waals surface area contributed by atoms with Gasteiger partial charge in [0.1, 0.15) is 4.49 Å². The van der Waals surface area contributed by atoms with E-state index in [9.17, 15) is 4.79 Å². The number of carbonyl (C=O) groups is 1. The first-order valence-corrected chi connectivity index (χ1v) is 7.03. The van der Waals surface area contributed by atoms with Gasteiger partial charge in [0.25, 0.3) is 0 Å². The van der Waals surface area contributed by atoms with Gasteiger partial charge in [0.15, 0.2) is 0 Å². The fraction of sp³-hybridized carbons (Fsp3) is 0.400. The van der Waals surface area contributed by atoms with Gasteiger partial charge in [0.05, 0.1) is 5.92 Å². The number of allylic oxidation sites excluding steroid dienone is 1. The highest BCUT2D eigenvalue weighted by Crippen LogP contribution is 2.59. The Morgan fingerprint density at radius 2 is 1.95 bits per heavy atom. The van der Waals surface area contributed by atoms with Crippen LogP contribution in [0.5, 0.6) is 0 Å². The standard InChI is InChI=1S/C15H17Cl2NO/c1-15(2)11(8-12(16)17)13(15)14(19)18-9-10-6-4-3-5-7-10/h3-8,11,13H,9H2,1-2H3,(H,18,19)/t11-,13+/m0/s1. The van der Waals surface area contributed by atoms with E-state index < -0.39 is 0 Å². The van der Waals surface area contributed by atoms with Crippen molar-refractivity contribution in [3.63, 3.8) is 0 Å². The lowest BCUT2D eigenvalue weighted by atomic mass is 10.1. The summed E-state index contributed by atoms with van der Waals surface area (Å²) < 4.78 is 0.233. The summed E-state index contributed by atoms with van der Waals surface area (Å²) in [6.07, 6.45) is 1.76. The molecule has 0 aromatic heterocycles. The van der Waals surface area contributed by atoms with Gasteiger partial charge in [0, 0.05) is 6.54 Å². The van der Waals surface area contributed by atoms with Crippen LogP contribution in [0.4, 0.5) is 0 Å². The molecule has 1 saturated carbocycles. The van der Waals surface area contributed by atoms with Crippen LogP contribution in [0, 0.1) is 17.3 Å². The molecule has 102 valence electrons. The average molecular weight is 298 g/mol. The van der Waals surface area contributed by atoms with Crippen LogP contribution in [0.2, 0.25) is 0 Å². The maximum absolute atomic E-state index is 12.2. The zero-order valence-electron chi connectivity index (χ0n) is 11.0. The first-order chi connectivity index (χ1) is 8.93. The molecule has 1 fully saturated rings. The fourth-order valence-electron chi connectivity index (χ4n) is 2.52. The van der Waals surface area contributed by atoms with Gasteiger partial charge in [-0.15, -0.1) is 0 Å². The normalized spacial score (nSPS) is 23.6. The molecule has 2 rings (SSSR count). The minimum atomic E-state index is -0.0736. The Morgan fingerprint density at radius 3 is 2.53 bits per heavy atom. The predicted molar refractivity (Wildman–Crippen MR) is 78.8 cm³/mol. The van der Waals surface area contributed by atoms with Crippen LogP contribution < -0.4 is 5.32 Å². The molecule has 1 aliphatic rings. The highest BCUT2D eigenvalue weighted by molar-refractivity contribution is 6.55. The van der Waals surface area contributed by atoms with Crippen molar-refractivity contribution < 1.29 is 4.79 Å². The summed E-state index contributed by atoms with van der Waals surface area (Å²) in [5, 5.41) is 2.97. The Bertz CT molecular complexity index is 492. The Labute approximate surface area is 123 Å². The van der Waals surface area contributed by atoms with E-state index in [0.717, 1.165) is 5.56 Å². The SMILES string of the molecule is CC1(C)[C@@H](C=C(Cl)Cl)[C@@H]1C(=O)NCc1ccccc1. The minimum absolute atomic E-state index is 0.0521. The van der Waals surface area contributed by atoms with Gasteiger partial charge in [0.2, 0.25) is 5.91 Å². The molecule has 1 aromatic carbocycles. The molecule has 0 bridgehead atoms. The van der Waals surface area contributed by atoms with Crippen LogP contribution in [0.25, 0.3) is 0 Å². The van der Waals surface area contributed by atoms with Gasteiger partial charge >= 0.3 is 0 Å². The van der Waals surface area contributed by atoms with E-state index in [4.69, 9.17) is 23.2 Å². The predicted octanol–water partition coefficient (Wildman–Crippen LogP) is 3.89. The second-order valence-electron chi connectivity index (χ2n) is 5.48. The van der Waals surface area contributed by atoms with E-state index >= 15 is 0 Å². The zero-order valence-corrected chi connectivity index (χ0v) is 12.5. The Morgan fingerprint density at radius 1 is 1.32 bits per heavy atom. The molecule has 0 spiro atoms. The summed E-state index contributed by atoms with van der Waals surface area (Å²) in [7, 11) is 0. The lowest BCUT2D eigenvalue weighted by Gasteiger charge is -2.06. The second-order valence-corrected chi connectivity index (χ2v) is 6.49. The molecule has 0 radical (unpaired) electrons. The van der Waals surface area contributed by atoms with Crippen molar-refractivity contribution >= 4 is 29.1 Å². The fourth-order valence-corrected chi connectivity index (χ4v) is 2.79. The molecule has 0 saturated heterocycles. The quantitative estimate of drug-likeness (QED) is 0.897. The molecule has 2 atom stereocenters. The first kappa shape index (κ1) is 14.4. The van der Waals surface area contributed by atoms with Crippen molar-refractivity contribution in [2.75, 3.05) is 0 Å². The molecule has 1 aliphatic carbocycles. The molecular weight excluding hydrogens is 281 g/mol. The van der Waals surface area contributed by atoms with E-state index in [0.29, 0.717) is 6.54 Å². The summed E-state index contributed by atoms with van der Waals surface area (Å²) in [4.78, 5) is 12.2. The Hall–Kier alpha value is -0.990. The molecule has 0 heterocycles. The van der Waals surface area contributed by atoms with Crippen LogP contribution in [-0.4, -0.2) is 5.91 Å². The average Bonchev–Trinajstić information content (AvgIpc) is 2.88. The zero-order chi connectivity index (χ0) is 14.0. The van der Waals surface area contributed by atoms with E-state index in [2.05, 4.69) is 19.2 Å². The third kappa shape index (κ3) is 3.31. The lowest BCUT2D eigenvalue weighted by Crippen LogP contribution is -2.26. The summed E-state index contributed by atoms with van der Waals surface area (Å²) in [5.41, 5.74) is 1.02. The molecule has 0 aliphatic heterocycles. The van der Waals surface area contributed by atoms with Crippen molar-refractivity contribution in [2.45, 2.75) is 20.4 Å². The number of rotatable bonds is 4. The van der Waals surface area contributed by atoms with Crippen molar-refractivity contribution in [3.05, 3.63) is 46.5 Å². The third-order valence-electron chi connectivity index (χ3n) is 3.81. The van der Waals surface area contributed by atoms with Crippen LogP contribution in [0.3, 0.4) is 0 Å². The molecule has 2 nitrogen and oxygen atoms in total. The highest BCUT2D eigenvalue weighted by Gasteiger charge is 2.60. The van der Waals surface area contributed by atoms with Gasteiger partial charge < -0.3 is 5.32 Å². The third-order valence-corrected chi connectivity index (χ3v) is 4.06. The number of hydrogen-bond acceptors (Lipinski definition) is 1. The molecule has 1 aromatic rings. The van der Waals surface area contributed by atoms with Crippen molar-refractivity contribution in [1.82, 2.24) is 5.32 Å². The summed E-state index contributed by atoms with van der Waals surface area (Å²) in [5.74, 6) is 0.127. The number of carbonyl (C=O) groups excluding carboxylic acids is 1. The second kappa shape index (κ2) is 5.56. The molecule has 0 unspecified atom stereocenters. The van der Waals surface area contributed by atoms with Crippen molar-refractivity contribution in [1.29, 1.82) is 0 Å².